The molecule has 25 heavy (non-hydrogen) atoms. The lowest BCUT2D eigenvalue weighted by atomic mass is 10.1. The molecule has 0 fully saturated rings. The van der Waals surface area contributed by atoms with Gasteiger partial charge >= 0.3 is 0 Å². The highest BCUT2D eigenvalue weighted by molar-refractivity contribution is 8.00. The number of thioether (sulfide) groups is 1. The Hall–Kier alpha value is -1.62. The van der Waals surface area contributed by atoms with Crippen molar-refractivity contribution in [2.75, 3.05) is 5.73 Å². The molecule has 0 amide bonds. The summed E-state index contributed by atoms with van der Waals surface area (Å²) in [6.45, 7) is 0.889. The van der Waals surface area contributed by atoms with E-state index in [1.54, 1.807) is 6.20 Å². The standard InChI is InChI=1S/C19H19Cl2N3S/c20-15-4-1-14(2-5-15)3-6-17(12-24-10-9-23-13-24)25-16-7-8-19(22)18(21)11-16/h1-2,4-5,7-11,13,17H,3,6,12,22H2. The molecule has 3 rings (SSSR count). The maximum atomic E-state index is 6.16. The first-order chi connectivity index (χ1) is 12.1. The summed E-state index contributed by atoms with van der Waals surface area (Å²) in [6.07, 6.45) is 7.68. The van der Waals surface area contributed by atoms with Gasteiger partial charge in [-0.05, 0) is 48.7 Å². The second kappa shape index (κ2) is 8.65. The molecular formula is C19H19Cl2N3S. The third-order valence-corrected chi connectivity index (χ3v) is 5.74. The molecule has 1 aromatic heterocycles. The van der Waals surface area contributed by atoms with Crippen molar-refractivity contribution >= 4 is 40.7 Å². The molecule has 0 aliphatic heterocycles. The minimum absolute atomic E-state index is 0.393. The molecule has 0 aliphatic rings. The Balaban J connectivity index is 1.69. The fourth-order valence-corrected chi connectivity index (χ4v) is 4.14. The number of aryl methyl sites for hydroxylation is 1. The molecular weight excluding hydrogens is 373 g/mol. The maximum absolute atomic E-state index is 6.16. The SMILES string of the molecule is Nc1ccc(SC(CCc2ccc(Cl)cc2)Cn2ccnc2)cc1Cl. The number of anilines is 1. The van der Waals surface area contributed by atoms with E-state index in [2.05, 4.69) is 21.7 Å². The van der Waals surface area contributed by atoms with Crippen LogP contribution in [0, 0.1) is 0 Å². The number of benzene rings is 2. The van der Waals surface area contributed by atoms with Gasteiger partial charge < -0.3 is 10.3 Å². The highest BCUT2D eigenvalue weighted by atomic mass is 35.5. The van der Waals surface area contributed by atoms with Crippen LogP contribution in [0.2, 0.25) is 10.0 Å². The van der Waals surface area contributed by atoms with Crippen molar-refractivity contribution in [3.05, 3.63) is 76.8 Å². The Morgan fingerprint density at radius 2 is 1.92 bits per heavy atom. The van der Waals surface area contributed by atoms with Crippen LogP contribution in [0.1, 0.15) is 12.0 Å². The van der Waals surface area contributed by atoms with Gasteiger partial charge in [-0.25, -0.2) is 4.98 Å². The van der Waals surface area contributed by atoms with E-state index >= 15 is 0 Å². The Morgan fingerprint density at radius 3 is 2.60 bits per heavy atom. The molecule has 0 radical (unpaired) electrons. The summed E-state index contributed by atoms with van der Waals surface area (Å²) in [4.78, 5) is 5.26. The van der Waals surface area contributed by atoms with Crippen molar-refractivity contribution in [2.45, 2.75) is 29.5 Å². The van der Waals surface area contributed by atoms with Gasteiger partial charge in [0.1, 0.15) is 0 Å². The number of aromatic nitrogens is 2. The topological polar surface area (TPSA) is 43.8 Å². The van der Waals surface area contributed by atoms with E-state index in [9.17, 15) is 0 Å². The number of imidazole rings is 1. The normalized spacial score (nSPS) is 12.2. The van der Waals surface area contributed by atoms with Gasteiger partial charge in [0.2, 0.25) is 0 Å². The molecule has 0 bridgehead atoms. The molecule has 6 heteroatoms. The third kappa shape index (κ3) is 5.43. The van der Waals surface area contributed by atoms with Crippen molar-refractivity contribution < 1.29 is 0 Å². The Morgan fingerprint density at radius 1 is 1.12 bits per heavy atom. The van der Waals surface area contributed by atoms with Crippen molar-refractivity contribution in [3.63, 3.8) is 0 Å². The van der Waals surface area contributed by atoms with Crippen LogP contribution in [0.5, 0.6) is 0 Å². The van der Waals surface area contributed by atoms with E-state index in [0.29, 0.717) is 16.0 Å². The summed E-state index contributed by atoms with van der Waals surface area (Å²) in [6, 6.07) is 13.9. The van der Waals surface area contributed by atoms with Gasteiger partial charge in [-0.3, -0.25) is 0 Å². The van der Waals surface area contributed by atoms with E-state index in [1.165, 1.54) is 5.56 Å². The van der Waals surface area contributed by atoms with Gasteiger partial charge in [0.05, 0.1) is 17.0 Å². The number of nitrogens with two attached hydrogens (primary N) is 1. The third-order valence-electron chi connectivity index (χ3n) is 3.92. The first-order valence-corrected chi connectivity index (χ1v) is 9.65. The van der Waals surface area contributed by atoms with Crippen LogP contribution < -0.4 is 5.73 Å². The van der Waals surface area contributed by atoms with Crippen LogP contribution >= 0.6 is 35.0 Å². The largest absolute Gasteiger partial charge is 0.398 e. The monoisotopic (exact) mass is 391 g/mol. The van der Waals surface area contributed by atoms with E-state index in [-0.39, 0.29) is 0 Å². The molecule has 3 aromatic rings. The van der Waals surface area contributed by atoms with Crippen molar-refractivity contribution in [2.24, 2.45) is 0 Å². The van der Waals surface area contributed by atoms with Gasteiger partial charge in [0, 0.05) is 34.1 Å². The number of halogens is 2. The van der Waals surface area contributed by atoms with E-state index in [0.717, 1.165) is 29.3 Å². The van der Waals surface area contributed by atoms with Crippen molar-refractivity contribution in [1.82, 2.24) is 9.55 Å². The van der Waals surface area contributed by atoms with Gasteiger partial charge in [-0.2, -0.15) is 0 Å². The van der Waals surface area contributed by atoms with Crippen LogP contribution in [0.3, 0.4) is 0 Å². The molecule has 130 valence electrons. The number of nitrogen functional groups attached to an aromatic ring is 1. The quantitative estimate of drug-likeness (QED) is 0.423. The number of nitrogens with zero attached hydrogens (tertiary/aromatic N) is 2. The molecule has 0 spiro atoms. The van der Waals surface area contributed by atoms with Gasteiger partial charge in [0.25, 0.3) is 0 Å². The van der Waals surface area contributed by atoms with Gasteiger partial charge in [-0.15, -0.1) is 11.8 Å². The lowest BCUT2D eigenvalue weighted by Crippen LogP contribution is -2.13. The molecule has 2 aromatic carbocycles. The lowest BCUT2D eigenvalue weighted by Gasteiger charge is -2.18. The first-order valence-electron chi connectivity index (χ1n) is 8.02. The summed E-state index contributed by atoms with van der Waals surface area (Å²) in [7, 11) is 0. The first kappa shape index (κ1) is 18.2. The molecule has 2 N–H and O–H groups in total. The average molecular weight is 392 g/mol. The fourth-order valence-electron chi connectivity index (χ4n) is 2.57. The summed E-state index contributed by atoms with van der Waals surface area (Å²) in [5.74, 6) is 0. The highest BCUT2D eigenvalue weighted by Gasteiger charge is 2.13. The second-order valence-electron chi connectivity index (χ2n) is 5.85. The summed E-state index contributed by atoms with van der Waals surface area (Å²) in [5.41, 5.74) is 7.71. The molecule has 1 heterocycles. The van der Waals surface area contributed by atoms with Crippen LogP contribution in [-0.4, -0.2) is 14.8 Å². The van der Waals surface area contributed by atoms with E-state index in [1.807, 2.05) is 54.6 Å². The molecule has 1 atom stereocenters. The number of hydrogen-bond donors (Lipinski definition) is 1. The zero-order chi connectivity index (χ0) is 17.6. The summed E-state index contributed by atoms with van der Waals surface area (Å²) >= 11 is 13.9. The smallest absolute Gasteiger partial charge is 0.0946 e. The fraction of sp³-hybridized carbons (Fsp3) is 0.211. The van der Waals surface area contributed by atoms with Crippen molar-refractivity contribution in [1.29, 1.82) is 0 Å². The van der Waals surface area contributed by atoms with Crippen molar-refractivity contribution in [3.8, 4) is 0 Å². The van der Waals surface area contributed by atoms with Crippen LogP contribution in [0.4, 0.5) is 5.69 Å². The minimum atomic E-state index is 0.393. The number of rotatable bonds is 7. The Kier molecular flexibility index (Phi) is 6.29. The molecule has 0 saturated heterocycles. The summed E-state index contributed by atoms with van der Waals surface area (Å²) < 4.78 is 2.11. The highest BCUT2D eigenvalue weighted by Crippen LogP contribution is 2.31. The van der Waals surface area contributed by atoms with Crippen LogP contribution in [0.25, 0.3) is 0 Å². The number of hydrogen-bond acceptors (Lipinski definition) is 3. The molecule has 0 aliphatic carbocycles. The van der Waals surface area contributed by atoms with Crippen LogP contribution in [0.15, 0.2) is 66.1 Å². The predicted octanol–water partition coefficient (Wildman–Crippen LogP) is 5.57. The van der Waals surface area contributed by atoms with Gasteiger partial charge in [0.15, 0.2) is 0 Å². The second-order valence-corrected chi connectivity index (χ2v) is 8.07. The van der Waals surface area contributed by atoms with E-state index < -0.39 is 0 Å². The zero-order valence-electron chi connectivity index (χ0n) is 13.6. The minimum Gasteiger partial charge on any atom is -0.398 e. The Bertz CT molecular complexity index is 804. The zero-order valence-corrected chi connectivity index (χ0v) is 15.9. The molecule has 1 unspecified atom stereocenters. The lowest BCUT2D eigenvalue weighted by molar-refractivity contribution is 0.624. The summed E-state index contributed by atoms with van der Waals surface area (Å²) in [5, 5.41) is 1.76. The average Bonchev–Trinajstić information content (AvgIpc) is 3.10. The van der Waals surface area contributed by atoms with Crippen LogP contribution in [-0.2, 0) is 13.0 Å². The van der Waals surface area contributed by atoms with E-state index in [4.69, 9.17) is 28.9 Å². The maximum Gasteiger partial charge on any atom is 0.0946 e. The molecule has 3 nitrogen and oxygen atoms in total. The molecule has 0 saturated carbocycles. The Labute approximate surface area is 162 Å². The van der Waals surface area contributed by atoms with Gasteiger partial charge in [-0.1, -0.05) is 35.3 Å². The predicted molar refractivity (Wildman–Crippen MR) is 108 cm³/mol.